The van der Waals surface area contributed by atoms with E-state index in [1.807, 2.05) is 60.7 Å². The first-order valence-electron chi connectivity index (χ1n) is 11.1. The van der Waals surface area contributed by atoms with Crippen LogP contribution in [0.25, 0.3) is 0 Å². The van der Waals surface area contributed by atoms with Gasteiger partial charge in [-0.3, -0.25) is 9.59 Å². The summed E-state index contributed by atoms with van der Waals surface area (Å²) in [4.78, 5) is 45.9. The Kier molecular flexibility index (Phi) is 7.22. The SMILES string of the molecule is O=C(NCc1ccccc1)c1nc(C2CCCN(C(=O)OCc3ccccc3)C2)[nH]c(=O)c1O. The van der Waals surface area contributed by atoms with Crippen molar-refractivity contribution in [1.82, 2.24) is 20.2 Å². The third-order valence-electron chi connectivity index (χ3n) is 5.70. The van der Waals surface area contributed by atoms with E-state index in [4.69, 9.17) is 4.74 Å². The first-order chi connectivity index (χ1) is 16.5. The average Bonchev–Trinajstić information content (AvgIpc) is 2.88. The molecule has 0 radical (unpaired) electrons. The van der Waals surface area contributed by atoms with Crippen LogP contribution in [0.2, 0.25) is 0 Å². The maximum Gasteiger partial charge on any atom is 0.410 e. The monoisotopic (exact) mass is 462 g/mol. The summed E-state index contributed by atoms with van der Waals surface area (Å²) in [5.41, 5.74) is 0.634. The molecule has 2 heterocycles. The highest BCUT2D eigenvalue weighted by molar-refractivity contribution is 5.94. The van der Waals surface area contributed by atoms with Crippen LogP contribution < -0.4 is 10.9 Å². The number of nitrogens with zero attached hydrogens (tertiary/aromatic N) is 2. The number of aromatic hydroxyl groups is 1. The zero-order valence-corrected chi connectivity index (χ0v) is 18.6. The number of likely N-dealkylation sites (tertiary alicyclic amines) is 1. The molecule has 9 nitrogen and oxygen atoms in total. The number of ether oxygens (including phenoxy) is 1. The Morgan fingerprint density at radius 2 is 1.76 bits per heavy atom. The first-order valence-corrected chi connectivity index (χ1v) is 11.1. The van der Waals surface area contributed by atoms with Gasteiger partial charge in [-0.05, 0) is 24.0 Å². The van der Waals surface area contributed by atoms with Gasteiger partial charge in [0.15, 0.2) is 5.69 Å². The third kappa shape index (κ3) is 5.61. The summed E-state index contributed by atoms with van der Waals surface area (Å²) >= 11 is 0. The average molecular weight is 463 g/mol. The van der Waals surface area contributed by atoms with Gasteiger partial charge in [0.05, 0.1) is 0 Å². The van der Waals surface area contributed by atoms with Crippen LogP contribution in [-0.4, -0.2) is 45.1 Å². The summed E-state index contributed by atoms with van der Waals surface area (Å²) < 4.78 is 5.42. The number of carbonyl (C=O) groups is 2. The molecule has 2 amide bonds. The highest BCUT2D eigenvalue weighted by Gasteiger charge is 2.29. The van der Waals surface area contributed by atoms with E-state index in [-0.39, 0.29) is 37.1 Å². The predicted molar refractivity (Wildman–Crippen MR) is 124 cm³/mol. The molecule has 1 unspecified atom stereocenters. The summed E-state index contributed by atoms with van der Waals surface area (Å²) in [6.45, 7) is 1.21. The molecule has 1 aliphatic rings. The molecule has 0 bridgehead atoms. The van der Waals surface area contributed by atoms with Gasteiger partial charge in [-0.15, -0.1) is 0 Å². The fraction of sp³-hybridized carbons (Fsp3) is 0.280. The number of rotatable bonds is 6. The second-order valence-corrected chi connectivity index (χ2v) is 8.14. The smallest absolute Gasteiger partial charge is 0.410 e. The van der Waals surface area contributed by atoms with Crippen LogP contribution in [0.15, 0.2) is 65.5 Å². The van der Waals surface area contributed by atoms with E-state index < -0.39 is 23.3 Å². The van der Waals surface area contributed by atoms with Gasteiger partial charge < -0.3 is 25.0 Å². The lowest BCUT2D eigenvalue weighted by Gasteiger charge is -2.31. The quantitative estimate of drug-likeness (QED) is 0.517. The normalized spacial score (nSPS) is 15.5. The largest absolute Gasteiger partial charge is 0.501 e. The van der Waals surface area contributed by atoms with Gasteiger partial charge in [-0.25, -0.2) is 9.78 Å². The highest BCUT2D eigenvalue weighted by Crippen LogP contribution is 2.25. The molecule has 0 saturated carbocycles. The van der Waals surface area contributed by atoms with Gasteiger partial charge in [-0.2, -0.15) is 0 Å². The topological polar surface area (TPSA) is 125 Å². The van der Waals surface area contributed by atoms with Gasteiger partial charge >= 0.3 is 6.09 Å². The number of carbonyl (C=O) groups excluding carboxylic acids is 2. The Hall–Kier alpha value is -4.14. The maximum absolute atomic E-state index is 12.6. The summed E-state index contributed by atoms with van der Waals surface area (Å²) in [5.74, 6) is -1.42. The number of hydrogen-bond donors (Lipinski definition) is 3. The van der Waals surface area contributed by atoms with Crippen LogP contribution in [0.1, 0.15) is 46.2 Å². The van der Waals surface area contributed by atoms with Gasteiger partial charge in [-0.1, -0.05) is 60.7 Å². The van der Waals surface area contributed by atoms with E-state index in [2.05, 4.69) is 15.3 Å². The van der Waals surface area contributed by atoms with E-state index in [1.54, 1.807) is 4.90 Å². The van der Waals surface area contributed by atoms with Gasteiger partial charge in [0, 0.05) is 25.6 Å². The number of aromatic nitrogens is 2. The van der Waals surface area contributed by atoms with Gasteiger partial charge in [0.25, 0.3) is 11.5 Å². The van der Waals surface area contributed by atoms with Crippen molar-refractivity contribution >= 4 is 12.0 Å². The lowest BCUT2D eigenvalue weighted by Crippen LogP contribution is -2.40. The van der Waals surface area contributed by atoms with Crippen molar-refractivity contribution in [2.45, 2.75) is 31.9 Å². The fourth-order valence-electron chi connectivity index (χ4n) is 3.87. The minimum Gasteiger partial charge on any atom is -0.501 e. The van der Waals surface area contributed by atoms with Crippen LogP contribution >= 0.6 is 0 Å². The Balaban J connectivity index is 1.43. The second kappa shape index (κ2) is 10.7. The molecule has 2 aromatic carbocycles. The molecule has 3 N–H and O–H groups in total. The van der Waals surface area contributed by atoms with Crippen molar-refractivity contribution in [2.75, 3.05) is 13.1 Å². The molecule has 4 rings (SSSR count). The number of hydrogen-bond acceptors (Lipinski definition) is 6. The van der Waals surface area contributed by atoms with Crippen molar-refractivity contribution in [3.05, 3.63) is 93.7 Å². The molecule has 9 heteroatoms. The molecule has 1 atom stereocenters. The molecule has 0 spiro atoms. The molecule has 1 aromatic heterocycles. The fourth-order valence-corrected chi connectivity index (χ4v) is 3.87. The van der Waals surface area contributed by atoms with E-state index in [1.165, 1.54) is 0 Å². The van der Waals surface area contributed by atoms with E-state index >= 15 is 0 Å². The van der Waals surface area contributed by atoms with E-state index in [0.29, 0.717) is 19.4 Å². The molecule has 3 aromatic rings. The highest BCUT2D eigenvalue weighted by atomic mass is 16.6. The summed E-state index contributed by atoms with van der Waals surface area (Å²) in [6, 6.07) is 18.7. The minimum atomic E-state index is -0.793. The molecular weight excluding hydrogens is 436 g/mol. The zero-order valence-electron chi connectivity index (χ0n) is 18.6. The second-order valence-electron chi connectivity index (χ2n) is 8.14. The third-order valence-corrected chi connectivity index (χ3v) is 5.70. The number of H-pyrrole nitrogens is 1. The molecule has 176 valence electrons. The summed E-state index contributed by atoms with van der Waals surface area (Å²) in [7, 11) is 0. The standard InChI is InChI=1S/C25H26N4O5/c30-21-20(23(31)26-14-17-8-3-1-4-9-17)27-22(28-24(21)32)19-12-7-13-29(15-19)25(33)34-16-18-10-5-2-6-11-18/h1-6,8-11,19,30H,7,12-16H2,(H,26,31)(H,27,28,32). The predicted octanol–water partition coefficient (Wildman–Crippen LogP) is 2.92. The lowest BCUT2D eigenvalue weighted by atomic mass is 9.97. The number of aromatic amines is 1. The van der Waals surface area contributed by atoms with Crippen LogP contribution in [0.4, 0.5) is 4.79 Å². The Labute approximate surface area is 196 Å². The molecule has 1 fully saturated rings. The molecule has 34 heavy (non-hydrogen) atoms. The maximum atomic E-state index is 12.6. The zero-order chi connectivity index (χ0) is 23.9. The van der Waals surface area contributed by atoms with Crippen molar-refractivity contribution in [1.29, 1.82) is 0 Å². The summed E-state index contributed by atoms with van der Waals surface area (Å²) in [5, 5.41) is 12.8. The van der Waals surface area contributed by atoms with Gasteiger partial charge in [0.1, 0.15) is 12.4 Å². The number of piperidine rings is 1. The molecule has 1 aliphatic heterocycles. The van der Waals surface area contributed by atoms with Crippen molar-refractivity contribution in [3.8, 4) is 5.75 Å². The van der Waals surface area contributed by atoms with Crippen molar-refractivity contribution in [3.63, 3.8) is 0 Å². The van der Waals surface area contributed by atoms with Crippen molar-refractivity contribution < 1.29 is 19.4 Å². The minimum absolute atomic E-state index is 0.168. The molecular formula is C25H26N4O5. The molecule has 1 saturated heterocycles. The first kappa shape index (κ1) is 23.0. The van der Waals surface area contributed by atoms with E-state index in [0.717, 1.165) is 11.1 Å². The van der Waals surface area contributed by atoms with Gasteiger partial charge in [0.2, 0.25) is 5.75 Å². The van der Waals surface area contributed by atoms with Crippen molar-refractivity contribution in [2.24, 2.45) is 0 Å². The summed E-state index contributed by atoms with van der Waals surface area (Å²) in [6.07, 6.45) is 0.905. The van der Waals surface area contributed by atoms with Crippen LogP contribution in [0, 0.1) is 0 Å². The Bertz CT molecular complexity index is 1200. The number of amides is 2. The number of nitrogens with one attached hydrogen (secondary N) is 2. The van der Waals surface area contributed by atoms with Crippen LogP contribution in [-0.2, 0) is 17.9 Å². The van der Waals surface area contributed by atoms with E-state index in [9.17, 15) is 19.5 Å². The Morgan fingerprint density at radius 3 is 2.47 bits per heavy atom. The number of benzene rings is 2. The Morgan fingerprint density at radius 1 is 1.09 bits per heavy atom. The molecule has 0 aliphatic carbocycles. The van der Waals surface area contributed by atoms with Crippen LogP contribution in [0.5, 0.6) is 5.75 Å². The lowest BCUT2D eigenvalue weighted by molar-refractivity contribution is 0.0849. The van der Waals surface area contributed by atoms with Crippen LogP contribution in [0.3, 0.4) is 0 Å².